The highest BCUT2D eigenvalue weighted by Gasteiger charge is 2.01. The SMILES string of the molecule is COc1ccc(C)c(Nc2ccc(N)nc2)c1. The lowest BCUT2D eigenvalue weighted by Gasteiger charge is -2.11. The molecule has 0 amide bonds. The zero-order valence-corrected chi connectivity index (χ0v) is 9.90. The predicted molar refractivity (Wildman–Crippen MR) is 69.7 cm³/mol. The first-order chi connectivity index (χ1) is 8.19. The van der Waals surface area contributed by atoms with Gasteiger partial charge in [-0.25, -0.2) is 4.98 Å². The van der Waals surface area contributed by atoms with Crippen LogP contribution in [-0.4, -0.2) is 12.1 Å². The van der Waals surface area contributed by atoms with Gasteiger partial charge in [0.1, 0.15) is 11.6 Å². The molecule has 88 valence electrons. The number of anilines is 3. The van der Waals surface area contributed by atoms with Gasteiger partial charge in [0.2, 0.25) is 0 Å². The van der Waals surface area contributed by atoms with Crippen LogP contribution in [0.2, 0.25) is 0 Å². The van der Waals surface area contributed by atoms with Crippen molar-refractivity contribution in [2.24, 2.45) is 0 Å². The predicted octanol–water partition coefficient (Wildman–Crippen LogP) is 2.72. The van der Waals surface area contributed by atoms with Gasteiger partial charge in [-0.1, -0.05) is 6.07 Å². The lowest BCUT2D eigenvalue weighted by atomic mass is 10.2. The van der Waals surface area contributed by atoms with Gasteiger partial charge in [0, 0.05) is 11.8 Å². The average Bonchev–Trinajstić information content (AvgIpc) is 2.35. The zero-order valence-electron chi connectivity index (χ0n) is 9.90. The fourth-order valence-corrected chi connectivity index (χ4v) is 1.50. The number of methoxy groups -OCH3 is 1. The van der Waals surface area contributed by atoms with Crippen LogP contribution >= 0.6 is 0 Å². The van der Waals surface area contributed by atoms with Crippen molar-refractivity contribution < 1.29 is 4.74 Å². The minimum atomic E-state index is 0.512. The molecule has 0 fully saturated rings. The number of nitrogens with two attached hydrogens (primary N) is 1. The number of hydrogen-bond acceptors (Lipinski definition) is 4. The number of ether oxygens (including phenoxy) is 1. The Morgan fingerprint density at radius 2 is 2.06 bits per heavy atom. The van der Waals surface area contributed by atoms with E-state index in [1.54, 1.807) is 19.4 Å². The normalized spacial score (nSPS) is 10.0. The largest absolute Gasteiger partial charge is 0.497 e. The number of aryl methyl sites for hydroxylation is 1. The molecule has 1 aromatic heterocycles. The molecule has 4 heteroatoms. The molecule has 0 saturated carbocycles. The lowest BCUT2D eigenvalue weighted by Crippen LogP contribution is -1.96. The zero-order chi connectivity index (χ0) is 12.3. The first-order valence-corrected chi connectivity index (χ1v) is 5.32. The van der Waals surface area contributed by atoms with Crippen LogP contribution < -0.4 is 15.8 Å². The van der Waals surface area contributed by atoms with Crippen molar-refractivity contribution in [3.05, 3.63) is 42.1 Å². The number of nitrogens with zero attached hydrogens (tertiary/aromatic N) is 1. The summed E-state index contributed by atoms with van der Waals surface area (Å²) in [5, 5.41) is 3.28. The standard InChI is InChI=1S/C13H15N3O/c1-9-3-5-11(17-2)7-12(9)16-10-4-6-13(14)15-8-10/h3-8,16H,1-2H3,(H2,14,15). The van der Waals surface area contributed by atoms with Gasteiger partial charge in [-0.15, -0.1) is 0 Å². The fraction of sp³-hybridized carbons (Fsp3) is 0.154. The van der Waals surface area contributed by atoms with E-state index in [2.05, 4.69) is 10.3 Å². The van der Waals surface area contributed by atoms with Gasteiger partial charge in [0.15, 0.2) is 0 Å². The lowest BCUT2D eigenvalue weighted by molar-refractivity contribution is 0.415. The Balaban J connectivity index is 2.25. The third kappa shape index (κ3) is 2.66. The van der Waals surface area contributed by atoms with Crippen molar-refractivity contribution in [3.63, 3.8) is 0 Å². The van der Waals surface area contributed by atoms with Crippen molar-refractivity contribution in [1.29, 1.82) is 0 Å². The van der Waals surface area contributed by atoms with E-state index >= 15 is 0 Å². The van der Waals surface area contributed by atoms with E-state index in [9.17, 15) is 0 Å². The molecule has 0 aliphatic carbocycles. The van der Waals surface area contributed by atoms with Crippen molar-refractivity contribution in [2.45, 2.75) is 6.92 Å². The number of hydrogen-bond donors (Lipinski definition) is 2. The second kappa shape index (κ2) is 4.74. The van der Waals surface area contributed by atoms with Crippen LogP contribution in [0.25, 0.3) is 0 Å². The Morgan fingerprint density at radius 3 is 2.71 bits per heavy atom. The summed E-state index contributed by atoms with van der Waals surface area (Å²) >= 11 is 0. The van der Waals surface area contributed by atoms with Crippen LogP contribution in [0.4, 0.5) is 17.2 Å². The van der Waals surface area contributed by atoms with Crippen molar-refractivity contribution in [2.75, 3.05) is 18.2 Å². The Labute approximate surface area is 100 Å². The number of aromatic nitrogens is 1. The summed E-state index contributed by atoms with van der Waals surface area (Å²) in [4.78, 5) is 4.03. The van der Waals surface area contributed by atoms with Crippen LogP contribution in [0.1, 0.15) is 5.56 Å². The van der Waals surface area contributed by atoms with Crippen LogP contribution in [0, 0.1) is 6.92 Å². The summed E-state index contributed by atoms with van der Waals surface area (Å²) in [7, 11) is 1.65. The molecule has 1 aromatic carbocycles. The maximum atomic E-state index is 5.54. The van der Waals surface area contributed by atoms with Gasteiger partial charge < -0.3 is 15.8 Å². The molecule has 4 nitrogen and oxygen atoms in total. The van der Waals surface area contributed by atoms with Crippen LogP contribution in [0.15, 0.2) is 36.5 Å². The molecule has 0 saturated heterocycles. The molecule has 1 heterocycles. The summed E-state index contributed by atoms with van der Waals surface area (Å²) in [6.07, 6.45) is 1.70. The quantitative estimate of drug-likeness (QED) is 0.849. The maximum Gasteiger partial charge on any atom is 0.123 e. The molecule has 17 heavy (non-hydrogen) atoms. The Kier molecular flexibility index (Phi) is 3.14. The molecule has 0 spiro atoms. The third-order valence-corrected chi connectivity index (χ3v) is 2.51. The van der Waals surface area contributed by atoms with E-state index in [1.165, 1.54) is 0 Å². The molecule has 0 aliphatic heterocycles. The fourth-order valence-electron chi connectivity index (χ4n) is 1.50. The van der Waals surface area contributed by atoms with E-state index in [0.717, 1.165) is 22.7 Å². The van der Waals surface area contributed by atoms with Crippen LogP contribution in [-0.2, 0) is 0 Å². The van der Waals surface area contributed by atoms with Crippen molar-refractivity contribution >= 4 is 17.2 Å². The summed E-state index contributed by atoms with van der Waals surface area (Å²) in [6.45, 7) is 2.03. The van der Waals surface area contributed by atoms with E-state index in [1.807, 2.05) is 31.2 Å². The van der Waals surface area contributed by atoms with Gasteiger partial charge in [-0.2, -0.15) is 0 Å². The molecular formula is C13H15N3O. The van der Waals surface area contributed by atoms with E-state index < -0.39 is 0 Å². The smallest absolute Gasteiger partial charge is 0.123 e. The summed E-state index contributed by atoms with van der Waals surface area (Å²) in [5.74, 6) is 1.33. The molecule has 2 rings (SSSR count). The number of nitrogens with one attached hydrogen (secondary N) is 1. The topological polar surface area (TPSA) is 60.2 Å². The molecule has 3 N–H and O–H groups in total. The molecule has 0 atom stereocenters. The Bertz CT molecular complexity index is 509. The van der Waals surface area contributed by atoms with Gasteiger partial charge in [-0.3, -0.25) is 0 Å². The molecular weight excluding hydrogens is 214 g/mol. The van der Waals surface area contributed by atoms with Gasteiger partial charge in [0.05, 0.1) is 19.0 Å². The maximum absolute atomic E-state index is 5.54. The minimum absolute atomic E-state index is 0.512. The molecule has 0 bridgehead atoms. The number of rotatable bonds is 3. The number of benzene rings is 1. The van der Waals surface area contributed by atoms with Crippen LogP contribution in [0.3, 0.4) is 0 Å². The van der Waals surface area contributed by atoms with E-state index in [-0.39, 0.29) is 0 Å². The highest BCUT2D eigenvalue weighted by atomic mass is 16.5. The molecule has 0 unspecified atom stereocenters. The number of nitrogen functional groups attached to an aromatic ring is 1. The summed E-state index contributed by atoms with van der Waals surface area (Å²) in [5.41, 5.74) is 8.57. The Hall–Kier alpha value is -2.23. The second-order valence-corrected chi connectivity index (χ2v) is 3.78. The van der Waals surface area contributed by atoms with Gasteiger partial charge >= 0.3 is 0 Å². The van der Waals surface area contributed by atoms with Gasteiger partial charge in [-0.05, 0) is 30.7 Å². The van der Waals surface area contributed by atoms with E-state index in [0.29, 0.717) is 5.82 Å². The summed E-state index contributed by atoms with van der Waals surface area (Å²) in [6, 6.07) is 9.54. The first kappa shape index (κ1) is 11.3. The summed E-state index contributed by atoms with van der Waals surface area (Å²) < 4.78 is 5.19. The highest BCUT2D eigenvalue weighted by molar-refractivity contribution is 5.64. The van der Waals surface area contributed by atoms with E-state index in [4.69, 9.17) is 10.5 Å². The molecule has 2 aromatic rings. The monoisotopic (exact) mass is 229 g/mol. The van der Waals surface area contributed by atoms with Gasteiger partial charge in [0.25, 0.3) is 0 Å². The van der Waals surface area contributed by atoms with Crippen LogP contribution in [0.5, 0.6) is 5.75 Å². The van der Waals surface area contributed by atoms with Crippen molar-refractivity contribution in [1.82, 2.24) is 4.98 Å². The third-order valence-electron chi connectivity index (χ3n) is 2.51. The first-order valence-electron chi connectivity index (χ1n) is 5.32. The number of pyridine rings is 1. The molecule has 0 aliphatic rings. The second-order valence-electron chi connectivity index (χ2n) is 3.78. The van der Waals surface area contributed by atoms with Crippen molar-refractivity contribution in [3.8, 4) is 5.75 Å². The highest BCUT2D eigenvalue weighted by Crippen LogP contribution is 2.25. The average molecular weight is 229 g/mol. The Morgan fingerprint density at radius 1 is 1.24 bits per heavy atom. The minimum Gasteiger partial charge on any atom is -0.497 e. The molecule has 0 radical (unpaired) electrons.